The van der Waals surface area contributed by atoms with Gasteiger partial charge in [-0.15, -0.1) is 23.5 Å². The average Bonchev–Trinajstić information content (AvgIpc) is 2.75. The van der Waals surface area contributed by atoms with E-state index in [1.165, 1.54) is 114 Å². The van der Waals surface area contributed by atoms with Crippen LogP contribution >= 0.6 is 35.7 Å². The molecule has 166 valence electrons. The first kappa shape index (κ1) is 27.0. The molecule has 0 aliphatic heterocycles. The molecule has 0 bridgehead atoms. The van der Waals surface area contributed by atoms with E-state index >= 15 is 0 Å². The predicted molar refractivity (Wildman–Crippen MR) is 142 cm³/mol. The normalized spacial score (nSPS) is 11.1. The topological polar surface area (TPSA) is 0 Å². The van der Waals surface area contributed by atoms with E-state index in [1.54, 1.807) is 0 Å². The molecule has 1 aromatic rings. The summed E-state index contributed by atoms with van der Waals surface area (Å²) in [5.74, 6) is 2.20. The van der Waals surface area contributed by atoms with Crippen molar-refractivity contribution in [3.8, 4) is 0 Å². The number of thiocarbonyl (C=S) groups is 1. The summed E-state index contributed by atoms with van der Waals surface area (Å²) in [5.41, 5.74) is 1.36. The molecule has 0 spiro atoms. The summed E-state index contributed by atoms with van der Waals surface area (Å²) in [6, 6.07) is 10.6. The Labute approximate surface area is 195 Å². The highest BCUT2D eigenvalue weighted by molar-refractivity contribution is 8.46. The van der Waals surface area contributed by atoms with E-state index in [0.29, 0.717) is 0 Å². The van der Waals surface area contributed by atoms with Crippen LogP contribution in [0.4, 0.5) is 0 Å². The van der Waals surface area contributed by atoms with Gasteiger partial charge in [-0.2, -0.15) is 0 Å². The highest BCUT2D eigenvalue weighted by atomic mass is 32.2. The molecule has 0 heterocycles. The van der Waals surface area contributed by atoms with Crippen molar-refractivity contribution in [3.05, 3.63) is 35.9 Å². The van der Waals surface area contributed by atoms with Crippen LogP contribution in [0.2, 0.25) is 0 Å². The number of benzene rings is 1. The van der Waals surface area contributed by atoms with E-state index in [0.717, 1.165) is 9.28 Å². The van der Waals surface area contributed by atoms with Gasteiger partial charge in [0.1, 0.15) is 3.53 Å². The molecule has 0 saturated carbocycles. The molecule has 0 amide bonds. The molecule has 29 heavy (non-hydrogen) atoms. The Kier molecular flexibility index (Phi) is 19.8. The second kappa shape index (κ2) is 21.2. The van der Waals surface area contributed by atoms with Crippen molar-refractivity contribution < 1.29 is 0 Å². The van der Waals surface area contributed by atoms with Crippen molar-refractivity contribution in [2.75, 3.05) is 5.75 Å². The van der Waals surface area contributed by atoms with Crippen LogP contribution in [0.5, 0.6) is 0 Å². The average molecular weight is 453 g/mol. The molecule has 0 unspecified atom stereocenters. The third kappa shape index (κ3) is 18.5. The Bertz CT molecular complexity index is 472. The van der Waals surface area contributed by atoms with Crippen molar-refractivity contribution in [3.63, 3.8) is 0 Å². The molecule has 0 aliphatic rings. The first-order valence-corrected chi connectivity index (χ1v) is 14.5. The lowest BCUT2D eigenvalue weighted by atomic mass is 10.0. The minimum Gasteiger partial charge on any atom is -0.108 e. The largest absolute Gasteiger partial charge is 0.108 e. The van der Waals surface area contributed by atoms with Gasteiger partial charge in [-0.3, -0.25) is 0 Å². The van der Waals surface area contributed by atoms with E-state index in [9.17, 15) is 0 Å². The molecule has 0 aromatic heterocycles. The molecule has 0 radical (unpaired) electrons. The lowest BCUT2D eigenvalue weighted by Crippen LogP contribution is -1.88. The molecular formula is C26H44S3. The van der Waals surface area contributed by atoms with E-state index in [2.05, 4.69) is 37.3 Å². The summed E-state index contributed by atoms with van der Waals surface area (Å²) in [4.78, 5) is 0. The first-order valence-electron chi connectivity index (χ1n) is 12.2. The van der Waals surface area contributed by atoms with Crippen molar-refractivity contribution in [1.29, 1.82) is 0 Å². The second-order valence-corrected chi connectivity index (χ2v) is 11.5. The zero-order chi connectivity index (χ0) is 20.8. The smallest absolute Gasteiger partial charge is 0.104 e. The molecular weight excluding hydrogens is 408 g/mol. The molecule has 0 atom stereocenters. The van der Waals surface area contributed by atoms with Gasteiger partial charge in [-0.05, 0) is 17.7 Å². The highest BCUT2D eigenvalue weighted by Gasteiger charge is 2.00. The van der Waals surface area contributed by atoms with Crippen LogP contribution < -0.4 is 0 Å². The fraction of sp³-hybridized carbons (Fsp3) is 0.731. The van der Waals surface area contributed by atoms with Crippen LogP contribution in [0.25, 0.3) is 0 Å². The van der Waals surface area contributed by atoms with Crippen LogP contribution in [-0.2, 0) is 5.75 Å². The van der Waals surface area contributed by atoms with Gasteiger partial charge in [0, 0.05) is 5.75 Å². The number of rotatable bonds is 19. The van der Waals surface area contributed by atoms with Crippen LogP contribution in [0.1, 0.15) is 115 Å². The lowest BCUT2D eigenvalue weighted by Gasteiger charge is -2.05. The molecule has 1 aromatic carbocycles. The summed E-state index contributed by atoms with van der Waals surface area (Å²) >= 11 is 9.18. The molecule has 0 fully saturated rings. The van der Waals surface area contributed by atoms with E-state index in [-0.39, 0.29) is 0 Å². The van der Waals surface area contributed by atoms with Crippen molar-refractivity contribution in [2.24, 2.45) is 0 Å². The Morgan fingerprint density at radius 3 is 1.55 bits per heavy atom. The van der Waals surface area contributed by atoms with Gasteiger partial charge in [0.2, 0.25) is 0 Å². The van der Waals surface area contributed by atoms with Crippen molar-refractivity contribution in [2.45, 2.75) is 115 Å². The highest BCUT2D eigenvalue weighted by Crippen LogP contribution is 2.23. The van der Waals surface area contributed by atoms with E-state index < -0.39 is 0 Å². The number of unbranched alkanes of at least 4 members (excludes halogenated alkanes) is 15. The van der Waals surface area contributed by atoms with Gasteiger partial charge >= 0.3 is 0 Å². The number of hydrogen-bond acceptors (Lipinski definition) is 3. The molecule has 0 N–H and O–H groups in total. The summed E-state index contributed by atoms with van der Waals surface area (Å²) in [6.45, 7) is 2.30. The van der Waals surface area contributed by atoms with Crippen LogP contribution in [0.15, 0.2) is 30.3 Å². The van der Waals surface area contributed by atoms with Crippen LogP contribution in [0, 0.1) is 0 Å². The zero-order valence-corrected chi connectivity index (χ0v) is 21.3. The number of thioether (sulfide) groups is 2. The summed E-state index contributed by atoms with van der Waals surface area (Å²) in [5, 5.41) is 0. The fourth-order valence-corrected chi connectivity index (χ4v) is 5.74. The van der Waals surface area contributed by atoms with Crippen LogP contribution in [-0.4, -0.2) is 9.28 Å². The predicted octanol–water partition coefficient (Wildman–Crippen LogP) is 10.2. The summed E-state index contributed by atoms with van der Waals surface area (Å²) in [7, 11) is 0. The second-order valence-electron chi connectivity index (χ2n) is 8.18. The Hall–Kier alpha value is 0.01000. The maximum absolute atomic E-state index is 5.49. The van der Waals surface area contributed by atoms with Gasteiger partial charge in [0.25, 0.3) is 0 Å². The fourth-order valence-electron chi connectivity index (χ4n) is 3.56. The molecule has 0 saturated heterocycles. The number of hydrogen-bond donors (Lipinski definition) is 0. The molecule has 0 aliphatic carbocycles. The summed E-state index contributed by atoms with van der Waals surface area (Å²) in [6.07, 6.45) is 22.9. The third-order valence-corrected chi connectivity index (χ3v) is 8.27. The zero-order valence-electron chi connectivity index (χ0n) is 18.8. The monoisotopic (exact) mass is 452 g/mol. The minimum atomic E-state index is 1.01. The van der Waals surface area contributed by atoms with Crippen molar-refractivity contribution in [1.82, 2.24) is 0 Å². The third-order valence-electron chi connectivity index (χ3n) is 5.42. The Morgan fingerprint density at radius 1 is 0.621 bits per heavy atom. The Morgan fingerprint density at radius 2 is 1.07 bits per heavy atom. The molecule has 0 nitrogen and oxygen atoms in total. The minimum absolute atomic E-state index is 1.01. The van der Waals surface area contributed by atoms with Gasteiger partial charge in [0.05, 0.1) is 0 Å². The molecule has 3 heteroatoms. The van der Waals surface area contributed by atoms with E-state index in [4.69, 9.17) is 12.2 Å². The summed E-state index contributed by atoms with van der Waals surface area (Å²) < 4.78 is 1.11. The standard InChI is InChI=1S/C26H44S3/c1-2-3-4-5-6-7-8-9-10-11-12-13-14-15-16-20-23-28-26(27)29-24-25-21-18-17-19-22-25/h17-19,21-22H,2-16,20,23-24H2,1H3. The molecule has 1 rings (SSSR count). The van der Waals surface area contributed by atoms with Gasteiger partial charge in [-0.25, -0.2) is 0 Å². The Balaban J connectivity index is 1.74. The van der Waals surface area contributed by atoms with Crippen molar-refractivity contribution >= 4 is 39.3 Å². The first-order chi connectivity index (χ1) is 14.3. The quantitative estimate of drug-likeness (QED) is 0.151. The maximum atomic E-state index is 5.49. The lowest BCUT2D eigenvalue weighted by molar-refractivity contribution is 0.532. The van der Waals surface area contributed by atoms with Gasteiger partial charge in [0.15, 0.2) is 0 Å². The maximum Gasteiger partial charge on any atom is 0.104 e. The van der Waals surface area contributed by atoms with E-state index in [1.807, 2.05) is 23.5 Å². The van der Waals surface area contributed by atoms with Gasteiger partial charge < -0.3 is 0 Å². The van der Waals surface area contributed by atoms with Gasteiger partial charge in [-0.1, -0.05) is 146 Å². The SMILES string of the molecule is CCCCCCCCCCCCCCCCCCSC(=S)SCc1ccccc1. The van der Waals surface area contributed by atoms with Crippen LogP contribution in [0.3, 0.4) is 0 Å².